The van der Waals surface area contributed by atoms with Gasteiger partial charge in [-0.1, -0.05) is 19.1 Å². The molecule has 0 bridgehead atoms. The molecule has 3 aromatic rings. The third-order valence-electron chi connectivity index (χ3n) is 9.56. The van der Waals surface area contributed by atoms with Gasteiger partial charge in [0.1, 0.15) is 0 Å². The molecule has 6 rings (SSSR count). The van der Waals surface area contributed by atoms with Crippen LogP contribution in [0.2, 0.25) is 0 Å². The molecule has 3 atom stereocenters. The van der Waals surface area contributed by atoms with Gasteiger partial charge in [0.15, 0.2) is 0 Å². The van der Waals surface area contributed by atoms with Crippen LogP contribution in [0.15, 0.2) is 47.5 Å². The summed E-state index contributed by atoms with van der Waals surface area (Å²) in [6.45, 7) is 6.45. The number of likely N-dealkylation sites (N-methyl/N-ethyl adjacent to an activating group) is 1. The van der Waals surface area contributed by atoms with Gasteiger partial charge >= 0.3 is 11.9 Å². The number of benzene rings is 1. The van der Waals surface area contributed by atoms with Crippen molar-refractivity contribution in [2.45, 2.75) is 69.4 Å². The van der Waals surface area contributed by atoms with Crippen LogP contribution < -0.4 is 16.5 Å². The lowest BCUT2D eigenvalue weighted by Gasteiger charge is -2.52. The highest BCUT2D eigenvalue weighted by molar-refractivity contribution is 5.58. The molecule has 0 amide bonds. The van der Waals surface area contributed by atoms with Crippen LogP contribution in [0.3, 0.4) is 0 Å². The van der Waals surface area contributed by atoms with E-state index in [0.717, 1.165) is 44.3 Å². The molecule has 3 fully saturated rings. The van der Waals surface area contributed by atoms with Gasteiger partial charge in [-0.05, 0) is 81.4 Å². The number of alkyl halides is 3. The molecule has 2 saturated heterocycles. The number of likely N-dealkylation sites (tertiary alicyclic amines) is 1. The van der Waals surface area contributed by atoms with Crippen LogP contribution in [0.1, 0.15) is 62.3 Å². The van der Waals surface area contributed by atoms with E-state index in [0.29, 0.717) is 23.8 Å². The second-order valence-electron chi connectivity index (χ2n) is 12.3. The Morgan fingerprint density at radius 2 is 1.95 bits per heavy atom. The fraction of sp³-hybridized carbons (Fsp3) is 0.567. The Morgan fingerprint density at radius 1 is 1.17 bits per heavy atom. The molecule has 0 radical (unpaired) electrons. The van der Waals surface area contributed by atoms with Crippen LogP contribution >= 0.6 is 0 Å². The average Bonchev–Trinajstić information content (AvgIpc) is 3.50. The second kappa shape index (κ2) is 10.5. The number of hydrogen-bond acceptors (Lipinski definition) is 6. The number of fused-ring (bicyclic) bond motifs is 1. The van der Waals surface area contributed by atoms with E-state index in [2.05, 4.69) is 27.6 Å². The first-order valence-corrected chi connectivity index (χ1v) is 14.4. The van der Waals surface area contributed by atoms with Gasteiger partial charge in [-0.15, -0.1) is 0 Å². The first-order valence-electron chi connectivity index (χ1n) is 14.4. The quantitative estimate of drug-likeness (QED) is 0.460. The maximum atomic E-state index is 14.4. The molecule has 222 valence electrons. The van der Waals surface area contributed by atoms with E-state index in [1.165, 1.54) is 21.2 Å². The van der Waals surface area contributed by atoms with E-state index in [1.807, 2.05) is 32.2 Å². The Bertz CT molecular complexity index is 1480. The van der Waals surface area contributed by atoms with E-state index in [1.54, 1.807) is 19.4 Å². The van der Waals surface area contributed by atoms with Gasteiger partial charge in [0.2, 0.25) is 0 Å². The molecule has 1 aliphatic carbocycles. The van der Waals surface area contributed by atoms with Crippen molar-refractivity contribution >= 4 is 5.52 Å². The highest BCUT2D eigenvalue weighted by atomic mass is 19.4. The molecular weight excluding hydrogens is 533 g/mol. The number of hydrazine groups is 1. The Balaban J connectivity index is 1.43. The van der Waals surface area contributed by atoms with Crippen LogP contribution in [-0.4, -0.2) is 65.0 Å². The molecule has 2 aliphatic heterocycles. The number of methoxy groups -OCH3 is 1. The van der Waals surface area contributed by atoms with Crippen molar-refractivity contribution in [1.82, 2.24) is 29.6 Å². The van der Waals surface area contributed by atoms with Gasteiger partial charge < -0.3 is 4.74 Å². The number of aromatic nitrogens is 2. The Hall–Kier alpha value is -2.70. The molecule has 4 heterocycles. The summed E-state index contributed by atoms with van der Waals surface area (Å²) in [6, 6.07) is 8.61. The average molecular weight is 573 g/mol. The van der Waals surface area contributed by atoms with E-state index < -0.39 is 17.4 Å². The third kappa shape index (κ3) is 4.91. The third-order valence-corrected chi connectivity index (χ3v) is 9.56. The summed E-state index contributed by atoms with van der Waals surface area (Å²) < 4.78 is 51.3. The molecule has 2 aromatic heterocycles. The normalized spacial score (nSPS) is 28.7. The maximum Gasteiger partial charge on any atom is 0.418 e. The fourth-order valence-electron chi connectivity index (χ4n) is 7.17. The van der Waals surface area contributed by atoms with Crippen molar-refractivity contribution in [3.8, 4) is 5.69 Å². The zero-order valence-corrected chi connectivity index (χ0v) is 24.0. The van der Waals surface area contributed by atoms with Crippen LogP contribution in [0.4, 0.5) is 13.2 Å². The lowest BCUT2D eigenvalue weighted by molar-refractivity contribution is -0.136. The molecule has 0 spiro atoms. The molecule has 2 N–H and O–H groups in total. The summed E-state index contributed by atoms with van der Waals surface area (Å²) in [5.74, 6) is 0.487. The summed E-state index contributed by atoms with van der Waals surface area (Å²) in [7, 11) is 3.75. The smallest absolute Gasteiger partial charge is 0.381 e. The van der Waals surface area contributed by atoms with Gasteiger partial charge in [-0.2, -0.15) is 13.2 Å². The lowest BCUT2D eigenvalue weighted by Crippen LogP contribution is -2.61. The SMILES string of the molecule is COC1CC(c2cccc(-n3cc4c(C(F)(F)F)cc([C@H](C)N5CCC[C@H](C)C5)cn4c3=O)c2)(C2NNCN2C)C1. The number of hydrogen-bond donors (Lipinski definition) is 2. The van der Waals surface area contributed by atoms with E-state index in [4.69, 9.17) is 4.74 Å². The number of nitrogens with one attached hydrogen (secondary N) is 2. The predicted octanol–water partition coefficient (Wildman–Crippen LogP) is 4.27. The molecule has 1 unspecified atom stereocenters. The molecule has 8 nitrogen and oxygen atoms in total. The molecule has 1 saturated carbocycles. The largest absolute Gasteiger partial charge is 0.418 e. The number of nitrogens with zero attached hydrogens (tertiary/aromatic N) is 4. The van der Waals surface area contributed by atoms with Crippen molar-refractivity contribution in [2.75, 3.05) is 33.9 Å². The summed E-state index contributed by atoms with van der Waals surface area (Å²) in [6.07, 6.45) is 2.16. The van der Waals surface area contributed by atoms with Crippen molar-refractivity contribution in [2.24, 2.45) is 5.92 Å². The van der Waals surface area contributed by atoms with Crippen LogP contribution in [0, 0.1) is 5.92 Å². The number of rotatable bonds is 6. The van der Waals surface area contributed by atoms with Crippen molar-refractivity contribution in [3.63, 3.8) is 0 Å². The minimum absolute atomic E-state index is 0.00682. The highest BCUT2D eigenvalue weighted by Gasteiger charge is 2.53. The van der Waals surface area contributed by atoms with Crippen molar-refractivity contribution in [1.29, 1.82) is 0 Å². The minimum atomic E-state index is -4.60. The van der Waals surface area contributed by atoms with E-state index in [9.17, 15) is 18.0 Å². The predicted molar refractivity (Wildman–Crippen MR) is 151 cm³/mol. The van der Waals surface area contributed by atoms with Crippen LogP contribution in [0.5, 0.6) is 0 Å². The molecule has 1 aromatic carbocycles. The fourth-order valence-corrected chi connectivity index (χ4v) is 7.17. The summed E-state index contributed by atoms with van der Waals surface area (Å²) >= 11 is 0. The number of piperidine rings is 1. The number of pyridine rings is 1. The standard InChI is InChI=1S/C30H39F3N6O2/c1-19-7-6-10-37(15-19)20(2)21-11-25(30(31,32)33)26-17-38(28(40)39(26)16-21)23-9-5-8-22(12-23)29(13-24(14-29)41-4)27-35-34-18-36(27)3/h5,8-9,11-12,16-17,19-20,24,27,34-35H,6-7,10,13-15,18H2,1-4H3/t19-,20-,24?,27?,29?/m0/s1. The summed E-state index contributed by atoms with van der Waals surface area (Å²) in [4.78, 5) is 18.2. The molecule has 3 aliphatic rings. The van der Waals surface area contributed by atoms with Gasteiger partial charge in [-0.25, -0.2) is 15.6 Å². The van der Waals surface area contributed by atoms with Crippen LogP contribution in [-0.2, 0) is 16.3 Å². The monoisotopic (exact) mass is 572 g/mol. The zero-order chi connectivity index (χ0) is 29.1. The number of imidazole rings is 1. The first kappa shape index (κ1) is 28.4. The van der Waals surface area contributed by atoms with Gasteiger partial charge in [0.05, 0.1) is 35.7 Å². The summed E-state index contributed by atoms with van der Waals surface area (Å²) in [5, 5.41) is 0. The second-order valence-corrected chi connectivity index (χ2v) is 12.3. The lowest BCUT2D eigenvalue weighted by atomic mass is 9.60. The Morgan fingerprint density at radius 3 is 2.61 bits per heavy atom. The Kier molecular flexibility index (Phi) is 7.30. The van der Waals surface area contributed by atoms with Crippen molar-refractivity contribution in [3.05, 3.63) is 69.9 Å². The first-order chi connectivity index (χ1) is 19.5. The van der Waals surface area contributed by atoms with Crippen molar-refractivity contribution < 1.29 is 17.9 Å². The van der Waals surface area contributed by atoms with Gasteiger partial charge in [-0.3, -0.25) is 18.8 Å². The topological polar surface area (TPSA) is 66.2 Å². The van der Waals surface area contributed by atoms with E-state index >= 15 is 0 Å². The molecular formula is C30H39F3N6O2. The minimum Gasteiger partial charge on any atom is -0.381 e. The maximum absolute atomic E-state index is 14.4. The zero-order valence-electron chi connectivity index (χ0n) is 24.0. The van der Waals surface area contributed by atoms with E-state index in [-0.39, 0.29) is 29.2 Å². The van der Waals surface area contributed by atoms with Crippen LogP contribution in [0.25, 0.3) is 11.2 Å². The highest BCUT2D eigenvalue weighted by Crippen LogP contribution is 2.49. The molecule has 11 heteroatoms. The molecule has 41 heavy (non-hydrogen) atoms. The number of halogens is 3. The number of ether oxygens (including phenoxy) is 1. The van der Waals surface area contributed by atoms with Gasteiger partial charge in [0, 0.05) is 37.5 Å². The summed E-state index contributed by atoms with van der Waals surface area (Å²) in [5.41, 5.74) is 6.90. The Labute approximate surface area is 238 Å². The van der Waals surface area contributed by atoms with Gasteiger partial charge in [0.25, 0.3) is 0 Å².